The zero-order valence-corrected chi connectivity index (χ0v) is 8.17. The van der Waals surface area contributed by atoms with E-state index in [-0.39, 0.29) is 0 Å². The summed E-state index contributed by atoms with van der Waals surface area (Å²) >= 11 is 0. The third-order valence-corrected chi connectivity index (χ3v) is 2.98. The molecule has 2 aliphatic rings. The molecule has 0 radical (unpaired) electrons. The van der Waals surface area contributed by atoms with E-state index in [4.69, 9.17) is 9.52 Å². The highest BCUT2D eigenvalue weighted by Gasteiger charge is 2.27. The van der Waals surface area contributed by atoms with Gasteiger partial charge in [-0.2, -0.15) is 0 Å². The first-order valence-corrected chi connectivity index (χ1v) is 5.03. The van der Waals surface area contributed by atoms with Crippen LogP contribution in [0.1, 0.15) is 22.6 Å². The van der Waals surface area contributed by atoms with Crippen molar-refractivity contribution in [1.82, 2.24) is 5.32 Å². The molecule has 4 heteroatoms. The lowest BCUT2D eigenvalue weighted by atomic mass is 10.1. The van der Waals surface area contributed by atoms with Crippen LogP contribution < -0.4 is 5.32 Å². The Bertz CT molecular complexity index is 470. The van der Waals surface area contributed by atoms with Crippen LogP contribution in [0.4, 0.5) is 0 Å². The van der Waals surface area contributed by atoms with Crippen molar-refractivity contribution in [3.05, 3.63) is 28.2 Å². The van der Waals surface area contributed by atoms with Gasteiger partial charge in [-0.05, 0) is 6.08 Å². The van der Waals surface area contributed by atoms with E-state index in [9.17, 15) is 4.79 Å². The Labute approximate surface area is 86.6 Å². The molecule has 1 aliphatic heterocycles. The van der Waals surface area contributed by atoms with Crippen molar-refractivity contribution in [1.29, 1.82) is 0 Å². The molecule has 78 valence electrons. The summed E-state index contributed by atoms with van der Waals surface area (Å²) < 4.78 is 5.67. The van der Waals surface area contributed by atoms with Crippen molar-refractivity contribution in [2.24, 2.45) is 0 Å². The fourth-order valence-corrected chi connectivity index (χ4v) is 2.23. The van der Waals surface area contributed by atoms with Gasteiger partial charge in [0.2, 0.25) is 0 Å². The zero-order valence-electron chi connectivity index (χ0n) is 8.17. The topological polar surface area (TPSA) is 62.5 Å². The molecule has 0 fully saturated rings. The van der Waals surface area contributed by atoms with Crippen LogP contribution in [0, 0.1) is 0 Å². The first kappa shape index (κ1) is 8.73. The average molecular weight is 205 g/mol. The molecule has 2 heterocycles. The van der Waals surface area contributed by atoms with Crippen LogP contribution in [0.5, 0.6) is 0 Å². The molecule has 1 aromatic heterocycles. The maximum atomic E-state index is 10.8. The summed E-state index contributed by atoms with van der Waals surface area (Å²) in [7, 11) is 0. The van der Waals surface area contributed by atoms with E-state index >= 15 is 0 Å². The number of hydrogen-bond acceptors (Lipinski definition) is 3. The molecular weight excluding hydrogens is 194 g/mol. The SMILES string of the molecule is O=C(O)C1=Cc2c(oc3c2CNCC3)C1. The standard InChI is InChI=1S/C11H11NO3/c13-11(14)6-3-7-8-5-12-2-1-9(8)15-10(7)4-6/h3,12H,1-2,4-5H2,(H,13,14). The molecule has 0 amide bonds. The molecular formula is C11H11NO3. The normalized spacial score (nSPS) is 18.3. The first-order chi connectivity index (χ1) is 7.25. The van der Waals surface area contributed by atoms with Gasteiger partial charge >= 0.3 is 5.97 Å². The molecule has 2 N–H and O–H groups in total. The van der Waals surface area contributed by atoms with Crippen LogP contribution in [-0.4, -0.2) is 17.6 Å². The molecule has 0 spiro atoms. The van der Waals surface area contributed by atoms with E-state index in [1.807, 2.05) is 0 Å². The summed E-state index contributed by atoms with van der Waals surface area (Å²) in [5.74, 6) is 0.999. The highest BCUT2D eigenvalue weighted by molar-refractivity contribution is 5.95. The van der Waals surface area contributed by atoms with Gasteiger partial charge in [0.25, 0.3) is 0 Å². The van der Waals surface area contributed by atoms with Crippen LogP contribution in [-0.2, 0) is 24.2 Å². The van der Waals surface area contributed by atoms with Crippen molar-refractivity contribution in [2.75, 3.05) is 6.54 Å². The maximum absolute atomic E-state index is 10.8. The van der Waals surface area contributed by atoms with E-state index in [2.05, 4.69) is 5.32 Å². The lowest BCUT2D eigenvalue weighted by Gasteiger charge is -2.11. The molecule has 15 heavy (non-hydrogen) atoms. The minimum absolute atomic E-state index is 0.428. The van der Waals surface area contributed by atoms with Crippen molar-refractivity contribution in [2.45, 2.75) is 19.4 Å². The Morgan fingerprint density at radius 1 is 1.47 bits per heavy atom. The summed E-state index contributed by atoms with van der Waals surface area (Å²) in [5.41, 5.74) is 2.57. The van der Waals surface area contributed by atoms with Gasteiger partial charge in [0.1, 0.15) is 11.5 Å². The van der Waals surface area contributed by atoms with E-state index in [1.54, 1.807) is 6.08 Å². The largest absolute Gasteiger partial charge is 0.478 e. The highest BCUT2D eigenvalue weighted by Crippen LogP contribution is 2.34. The zero-order chi connectivity index (χ0) is 10.4. The Morgan fingerprint density at radius 2 is 2.33 bits per heavy atom. The van der Waals surface area contributed by atoms with Crippen molar-refractivity contribution < 1.29 is 14.3 Å². The van der Waals surface area contributed by atoms with Gasteiger partial charge in [0, 0.05) is 42.6 Å². The van der Waals surface area contributed by atoms with Gasteiger partial charge in [0.05, 0.1) is 0 Å². The summed E-state index contributed by atoms with van der Waals surface area (Å²) in [4.78, 5) is 10.8. The van der Waals surface area contributed by atoms with E-state index in [1.165, 1.54) is 0 Å². The Balaban J connectivity index is 2.07. The molecule has 4 nitrogen and oxygen atoms in total. The molecule has 0 unspecified atom stereocenters. The van der Waals surface area contributed by atoms with E-state index in [0.29, 0.717) is 12.0 Å². The van der Waals surface area contributed by atoms with Crippen molar-refractivity contribution in [3.8, 4) is 0 Å². The minimum Gasteiger partial charge on any atom is -0.478 e. The predicted octanol–water partition coefficient (Wildman–Crippen LogP) is 0.949. The van der Waals surface area contributed by atoms with E-state index < -0.39 is 5.97 Å². The van der Waals surface area contributed by atoms with Crippen LogP contribution >= 0.6 is 0 Å². The van der Waals surface area contributed by atoms with Gasteiger partial charge in [0.15, 0.2) is 0 Å². The van der Waals surface area contributed by atoms with Gasteiger partial charge in [-0.15, -0.1) is 0 Å². The summed E-state index contributed by atoms with van der Waals surface area (Å²) in [6.45, 7) is 1.73. The monoisotopic (exact) mass is 205 g/mol. The van der Waals surface area contributed by atoms with Gasteiger partial charge in [-0.1, -0.05) is 0 Å². The van der Waals surface area contributed by atoms with Crippen LogP contribution in [0.3, 0.4) is 0 Å². The number of carbonyl (C=O) groups is 1. The summed E-state index contributed by atoms with van der Waals surface area (Å²) in [5, 5.41) is 12.1. The molecule has 1 aromatic rings. The van der Waals surface area contributed by atoms with E-state index in [0.717, 1.165) is 42.2 Å². The lowest BCUT2D eigenvalue weighted by molar-refractivity contribution is -0.132. The quantitative estimate of drug-likeness (QED) is 0.716. The van der Waals surface area contributed by atoms with Crippen molar-refractivity contribution >= 4 is 12.0 Å². The molecule has 0 bridgehead atoms. The molecule has 3 rings (SSSR count). The number of aliphatic carboxylic acids is 1. The number of rotatable bonds is 1. The Hall–Kier alpha value is -1.55. The lowest BCUT2D eigenvalue weighted by Crippen LogP contribution is -2.22. The number of fused-ring (bicyclic) bond motifs is 3. The van der Waals surface area contributed by atoms with Crippen LogP contribution in [0.2, 0.25) is 0 Å². The summed E-state index contributed by atoms with van der Waals surface area (Å²) in [6, 6.07) is 0. The smallest absolute Gasteiger partial charge is 0.332 e. The van der Waals surface area contributed by atoms with Crippen LogP contribution in [0.25, 0.3) is 6.08 Å². The second kappa shape index (κ2) is 2.97. The number of nitrogens with one attached hydrogen (secondary N) is 1. The van der Waals surface area contributed by atoms with Gasteiger partial charge < -0.3 is 14.8 Å². The second-order valence-electron chi connectivity index (χ2n) is 3.92. The molecule has 0 aromatic carbocycles. The Morgan fingerprint density at radius 3 is 3.13 bits per heavy atom. The molecule has 0 saturated carbocycles. The third kappa shape index (κ3) is 1.22. The first-order valence-electron chi connectivity index (χ1n) is 5.03. The fourth-order valence-electron chi connectivity index (χ4n) is 2.23. The fraction of sp³-hybridized carbons (Fsp3) is 0.364. The third-order valence-electron chi connectivity index (χ3n) is 2.98. The Kier molecular flexibility index (Phi) is 1.73. The predicted molar refractivity (Wildman–Crippen MR) is 53.4 cm³/mol. The number of furan rings is 1. The maximum Gasteiger partial charge on any atom is 0.332 e. The number of carboxylic acid groups (broad SMARTS) is 1. The van der Waals surface area contributed by atoms with Gasteiger partial charge in [-0.25, -0.2) is 4.79 Å². The van der Waals surface area contributed by atoms with Gasteiger partial charge in [-0.3, -0.25) is 0 Å². The van der Waals surface area contributed by atoms with Crippen LogP contribution in [0.15, 0.2) is 9.99 Å². The second-order valence-corrected chi connectivity index (χ2v) is 3.92. The number of hydrogen-bond donors (Lipinski definition) is 2. The molecule has 0 saturated heterocycles. The molecule has 0 atom stereocenters. The average Bonchev–Trinajstić information content (AvgIpc) is 2.73. The molecule has 1 aliphatic carbocycles. The van der Waals surface area contributed by atoms with Crippen molar-refractivity contribution in [3.63, 3.8) is 0 Å². The minimum atomic E-state index is -0.848. The number of carboxylic acids is 1. The summed E-state index contributed by atoms with van der Waals surface area (Å²) in [6.07, 6.45) is 3.07. The highest BCUT2D eigenvalue weighted by atomic mass is 16.4.